The highest BCUT2D eigenvalue weighted by Gasteiger charge is 2.39. The van der Waals surface area contributed by atoms with Gasteiger partial charge in [0.15, 0.2) is 8.32 Å². The fraction of sp³-hybridized carbons (Fsp3) is 0.857. The average molecular weight is 255 g/mol. The van der Waals surface area contributed by atoms with E-state index in [4.69, 9.17) is 10.2 Å². The van der Waals surface area contributed by atoms with E-state index < -0.39 is 8.32 Å². The summed E-state index contributed by atoms with van der Waals surface area (Å²) in [7, 11) is -1.64. The van der Waals surface area contributed by atoms with Gasteiger partial charge in [0.25, 0.3) is 0 Å². The van der Waals surface area contributed by atoms with Crippen molar-refractivity contribution in [3.8, 4) is 0 Å². The third kappa shape index (κ3) is 3.93. The minimum absolute atomic E-state index is 0.290. The van der Waals surface area contributed by atoms with Gasteiger partial charge < -0.3 is 10.2 Å². The van der Waals surface area contributed by atoms with E-state index in [-0.39, 0.29) is 5.04 Å². The SMILES string of the molecule is CC(C)(C)[Si](C)(C)O[C@@H]1CCCC=C1CCN. The van der Waals surface area contributed by atoms with Crippen LogP contribution in [-0.4, -0.2) is 21.0 Å². The molecule has 0 saturated heterocycles. The van der Waals surface area contributed by atoms with Gasteiger partial charge in [0.05, 0.1) is 6.10 Å². The Morgan fingerprint density at radius 2 is 2.06 bits per heavy atom. The summed E-state index contributed by atoms with van der Waals surface area (Å²) in [4.78, 5) is 0. The number of nitrogens with two attached hydrogens (primary N) is 1. The molecule has 0 radical (unpaired) electrons. The van der Waals surface area contributed by atoms with Crippen LogP contribution in [0.1, 0.15) is 46.5 Å². The lowest BCUT2D eigenvalue weighted by atomic mass is 9.94. The first-order chi connectivity index (χ1) is 7.78. The van der Waals surface area contributed by atoms with Crippen LogP contribution in [-0.2, 0) is 4.43 Å². The Morgan fingerprint density at radius 1 is 1.41 bits per heavy atom. The van der Waals surface area contributed by atoms with E-state index in [2.05, 4.69) is 39.9 Å². The molecule has 100 valence electrons. The summed E-state index contributed by atoms with van der Waals surface area (Å²) in [5.41, 5.74) is 7.13. The van der Waals surface area contributed by atoms with Crippen LogP contribution >= 0.6 is 0 Å². The maximum Gasteiger partial charge on any atom is 0.192 e. The van der Waals surface area contributed by atoms with E-state index in [1.165, 1.54) is 24.8 Å². The van der Waals surface area contributed by atoms with Gasteiger partial charge in [-0.1, -0.05) is 26.8 Å². The van der Waals surface area contributed by atoms with Crippen LogP contribution in [0.3, 0.4) is 0 Å². The van der Waals surface area contributed by atoms with Crippen LogP contribution in [0, 0.1) is 0 Å². The lowest BCUT2D eigenvalue weighted by molar-refractivity contribution is 0.191. The molecule has 0 heterocycles. The van der Waals surface area contributed by atoms with Crippen LogP contribution in [0.4, 0.5) is 0 Å². The molecule has 0 saturated carbocycles. The quantitative estimate of drug-likeness (QED) is 0.612. The molecule has 1 rings (SSSR count). The van der Waals surface area contributed by atoms with Crippen LogP contribution in [0.25, 0.3) is 0 Å². The molecule has 1 aliphatic rings. The van der Waals surface area contributed by atoms with Crippen LogP contribution < -0.4 is 5.73 Å². The molecule has 0 fully saturated rings. The van der Waals surface area contributed by atoms with Gasteiger partial charge in [0, 0.05) is 0 Å². The van der Waals surface area contributed by atoms with Crippen molar-refractivity contribution in [3.63, 3.8) is 0 Å². The van der Waals surface area contributed by atoms with E-state index in [0.717, 1.165) is 13.0 Å². The fourth-order valence-corrected chi connectivity index (χ4v) is 3.34. The fourth-order valence-electron chi connectivity index (χ4n) is 2.00. The number of hydrogen-bond donors (Lipinski definition) is 1. The molecule has 0 aliphatic heterocycles. The van der Waals surface area contributed by atoms with Crippen LogP contribution in [0.2, 0.25) is 18.1 Å². The normalized spacial score (nSPS) is 22.5. The van der Waals surface area contributed by atoms with Gasteiger partial charge in [-0.05, 0) is 55.9 Å². The number of allylic oxidation sites excluding steroid dienone is 1. The smallest absolute Gasteiger partial charge is 0.192 e. The van der Waals surface area contributed by atoms with Crippen LogP contribution in [0.5, 0.6) is 0 Å². The van der Waals surface area contributed by atoms with Crippen molar-refractivity contribution in [2.75, 3.05) is 6.54 Å². The molecular weight excluding hydrogens is 226 g/mol. The summed E-state index contributed by atoms with van der Waals surface area (Å²) in [5, 5.41) is 0.290. The van der Waals surface area contributed by atoms with Crippen molar-refractivity contribution in [1.82, 2.24) is 0 Å². The van der Waals surface area contributed by atoms with Crippen molar-refractivity contribution >= 4 is 8.32 Å². The lowest BCUT2D eigenvalue weighted by Crippen LogP contribution is -2.44. The Hall–Kier alpha value is -0.123. The summed E-state index contributed by atoms with van der Waals surface area (Å²) in [6.07, 6.45) is 7.33. The zero-order chi connectivity index (χ0) is 13.1. The van der Waals surface area contributed by atoms with E-state index in [9.17, 15) is 0 Å². The number of hydrogen-bond acceptors (Lipinski definition) is 2. The minimum Gasteiger partial charge on any atom is -0.410 e. The monoisotopic (exact) mass is 255 g/mol. The second kappa shape index (κ2) is 5.68. The molecule has 0 aromatic heterocycles. The van der Waals surface area contributed by atoms with Crippen molar-refractivity contribution in [2.24, 2.45) is 5.73 Å². The topological polar surface area (TPSA) is 35.2 Å². The van der Waals surface area contributed by atoms with Crippen molar-refractivity contribution in [3.05, 3.63) is 11.6 Å². The van der Waals surface area contributed by atoms with Gasteiger partial charge in [-0.25, -0.2) is 0 Å². The maximum absolute atomic E-state index is 6.52. The molecule has 2 nitrogen and oxygen atoms in total. The molecule has 0 aromatic carbocycles. The Bertz CT molecular complexity index is 278. The molecule has 0 bridgehead atoms. The van der Waals surface area contributed by atoms with Gasteiger partial charge in [0.2, 0.25) is 0 Å². The third-order valence-corrected chi connectivity index (χ3v) is 8.65. The van der Waals surface area contributed by atoms with Gasteiger partial charge in [-0.15, -0.1) is 0 Å². The average Bonchev–Trinajstić information content (AvgIpc) is 2.19. The first kappa shape index (κ1) is 14.9. The second-order valence-corrected chi connectivity index (χ2v) is 11.4. The van der Waals surface area contributed by atoms with E-state index in [1.54, 1.807) is 0 Å². The molecule has 3 heteroatoms. The maximum atomic E-state index is 6.52. The molecule has 0 unspecified atom stereocenters. The first-order valence-corrected chi connectivity index (χ1v) is 9.75. The number of rotatable bonds is 4. The first-order valence-electron chi connectivity index (χ1n) is 6.85. The van der Waals surface area contributed by atoms with Gasteiger partial charge in [0.1, 0.15) is 0 Å². The molecule has 0 amide bonds. The molecular formula is C14H29NOSi. The Kier molecular flexibility index (Phi) is 4.99. The molecule has 17 heavy (non-hydrogen) atoms. The predicted octanol–water partition coefficient (Wildman–Crippen LogP) is 3.84. The summed E-state index contributed by atoms with van der Waals surface area (Å²) in [6, 6.07) is 0. The largest absolute Gasteiger partial charge is 0.410 e. The van der Waals surface area contributed by atoms with Crippen molar-refractivity contribution in [2.45, 2.75) is 70.7 Å². The van der Waals surface area contributed by atoms with Gasteiger partial charge >= 0.3 is 0 Å². The summed E-state index contributed by atoms with van der Waals surface area (Å²) >= 11 is 0. The molecule has 2 N–H and O–H groups in total. The zero-order valence-corrected chi connectivity index (χ0v) is 13.2. The van der Waals surface area contributed by atoms with Crippen molar-refractivity contribution < 1.29 is 4.43 Å². The standard InChI is InChI=1S/C14H29NOSi/c1-14(2,3)17(4,5)16-13-9-7-6-8-12(13)10-11-15/h8,13H,6-7,9-11,15H2,1-5H3/t13-/m1/s1. The molecule has 1 aliphatic carbocycles. The van der Waals surface area contributed by atoms with E-state index in [0.29, 0.717) is 6.10 Å². The highest BCUT2D eigenvalue weighted by molar-refractivity contribution is 6.74. The van der Waals surface area contributed by atoms with Gasteiger partial charge in [-0.3, -0.25) is 0 Å². The van der Waals surface area contributed by atoms with Crippen molar-refractivity contribution in [1.29, 1.82) is 0 Å². The zero-order valence-electron chi connectivity index (χ0n) is 12.2. The van der Waals surface area contributed by atoms with Crippen LogP contribution in [0.15, 0.2) is 11.6 Å². The van der Waals surface area contributed by atoms with E-state index >= 15 is 0 Å². The highest BCUT2D eigenvalue weighted by Crippen LogP contribution is 2.39. The third-order valence-electron chi connectivity index (χ3n) is 4.17. The Balaban J connectivity index is 2.72. The molecule has 0 spiro atoms. The summed E-state index contributed by atoms with van der Waals surface area (Å²) in [5.74, 6) is 0. The highest BCUT2D eigenvalue weighted by atomic mass is 28.4. The lowest BCUT2D eigenvalue weighted by Gasteiger charge is -2.40. The van der Waals surface area contributed by atoms with E-state index in [1.807, 2.05) is 0 Å². The minimum atomic E-state index is -1.64. The predicted molar refractivity (Wildman–Crippen MR) is 77.7 cm³/mol. The Morgan fingerprint density at radius 3 is 2.59 bits per heavy atom. The summed E-state index contributed by atoms with van der Waals surface area (Å²) < 4.78 is 6.52. The molecule has 0 aromatic rings. The molecule has 1 atom stereocenters. The Labute approximate surface area is 108 Å². The van der Waals surface area contributed by atoms with Gasteiger partial charge in [-0.2, -0.15) is 0 Å². The summed E-state index contributed by atoms with van der Waals surface area (Å²) in [6.45, 7) is 12.3. The second-order valence-electron chi connectivity index (χ2n) is 6.62.